The molecule has 0 spiro atoms. The van der Waals surface area contributed by atoms with Gasteiger partial charge in [-0.15, -0.1) is 4.98 Å². The van der Waals surface area contributed by atoms with Gasteiger partial charge in [-0.3, -0.25) is 0 Å². The summed E-state index contributed by atoms with van der Waals surface area (Å²) in [6.07, 6.45) is 6.73. The maximum atomic E-state index is 9.36. The smallest absolute Gasteiger partial charge is 0.324 e. The minimum Gasteiger partial charge on any atom is -0.488 e. The van der Waals surface area contributed by atoms with E-state index in [2.05, 4.69) is 31.2 Å². The van der Waals surface area contributed by atoms with Crippen LogP contribution in [0.2, 0.25) is 0 Å². The number of rotatable bonds is 11. The van der Waals surface area contributed by atoms with Gasteiger partial charge in [-0.2, -0.15) is 15.2 Å². The van der Waals surface area contributed by atoms with Crippen LogP contribution in [0.5, 0.6) is 17.8 Å². The van der Waals surface area contributed by atoms with Crippen LogP contribution >= 0.6 is 0 Å². The molecule has 0 unspecified atom stereocenters. The largest absolute Gasteiger partial charge is 0.488 e. The molecule has 0 radical (unpaired) electrons. The van der Waals surface area contributed by atoms with Crippen molar-refractivity contribution in [2.75, 3.05) is 45.3 Å². The van der Waals surface area contributed by atoms with Crippen molar-refractivity contribution in [3.05, 3.63) is 35.4 Å². The molecule has 0 amide bonds. The van der Waals surface area contributed by atoms with Gasteiger partial charge in [0.25, 0.3) is 0 Å². The van der Waals surface area contributed by atoms with Crippen molar-refractivity contribution in [2.24, 2.45) is 0 Å². The molecular weight excluding hydrogens is 420 g/mol. The minimum absolute atomic E-state index is 0.159. The minimum atomic E-state index is 0.159. The van der Waals surface area contributed by atoms with Gasteiger partial charge < -0.3 is 24.4 Å². The Labute approximate surface area is 195 Å². The molecule has 9 heteroatoms. The summed E-state index contributed by atoms with van der Waals surface area (Å²) >= 11 is 0. The Morgan fingerprint density at radius 1 is 1.12 bits per heavy atom. The zero-order valence-corrected chi connectivity index (χ0v) is 19.6. The summed E-state index contributed by atoms with van der Waals surface area (Å²) in [5.41, 5.74) is 2.27. The number of ether oxygens (including phenoxy) is 3. The van der Waals surface area contributed by atoms with Crippen molar-refractivity contribution < 1.29 is 14.2 Å². The predicted molar refractivity (Wildman–Crippen MR) is 126 cm³/mol. The molecule has 0 atom stereocenters. The summed E-state index contributed by atoms with van der Waals surface area (Å²) in [6, 6.07) is 7.71. The number of nitrogens with one attached hydrogen (secondary N) is 1. The predicted octanol–water partition coefficient (Wildman–Crippen LogP) is 4.10. The molecule has 1 fully saturated rings. The number of benzene rings is 1. The third kappa shape index (κ3) is 7.91. The lowest BCUT2D eigenvalue weighted by Crippen LogP contribution is -2.31. The molecular formula is C24H32N6O3. The van der Waals surface area contributed by atoms with Crippen molar-refractivity contribution in [1.29, 1.82) is 5.26 Å². The van der Waals surface area contributed by atoms with Crippen LogP contribution in [0.25, 0.3) is 0 Å². The molecule has 2 heterocycles. The number of likely N-dealkylation sites (tertiary alicyclic amines) is 1. The molecule has 0 bridgehead atoms. The van der Waals surface area contributed by atoms with Crippen LogP contribution in [0.1, 0.15) is 45.1 Å². The maximum Gasteiger partial charge on any atom is 0.324 e. The molecule has 0 saturated carbocycles. The first-order valence-corrected chi connectivity index (χ1v) is 11.3. The van der Waals surface area contributed by atoms with Gasteiger partial charge in [-0.25, -0.2) is 0 Å². The molecule has 3 rings (SSSR count). The zero-order chi connectivity index (χ0) is 23.5. The molecule has 2 aromatic rings. The number of piperidine rings is 1. The van der Waals surface area contributed by atoms with E-state index < -0.39 is 0 Å². The highest BCUT2D eigenvalue weighted by Gasteiger charge is 2.12. The summed E-state index contributed by atoms with van der Waals surface area (Å²) in [6.45, 7) is 8.23. The Balaban J connectivity index is 1.63. The number of methoxy groups -OCH3 is 1. The van der Waals surface area contributed by atoms with Gasteiger partial charge in [0.15, 0.2) is 0 Å². The van der Waals surface area contributed by atoms with Gasteiger partial charge in [-0.1, -0.05) is 12.0 Å². The van der Waals surface area contributed by atoms with Crippen LogP contribution in [0.15, 0.2) is 29.8 Å². The standard InChI is InChI=1S/C24H32N6O3/c1-18(2)10-15-32-21-16-20(9-8-19(21)17-25)26-22-27-23(31-3)29-24(28-22)33-14-7-13-30-11-5-4-6-12-30/h8-10,16H,4-7,11-15H2,1-3H3,(H,26,27,28,29). The molecule has 176 valence electrons. The van der Waals surface area contributed by atoms with E-state index in [0.717, 1.165) is 31.6 Å². The Kier molecular flexibility index (Phi) is 9.27. The fourth-order valence-electron chi connectivity index (χ4n) is 3.42. The second kappa shape index (κ2) is 12.6. The lowest BCUT2D eigenvalue weighted by atomic mass is 10.1. The number of nitriles is 1. The lowest BCUT2D eigenvalue weighted by Gasteiger charge is -2.26. The topological polar surface area (TPSA) is 105 Å². The first-order chi connectivity index (χ1) is 16.1. The van der Waals surface area contributed by atoms with E-state index in [-0.39, 0.29) is 18.0 Å². The van der Waals surface area contributed by atoms with E-state index in [1.165, 1.54) is 26.4 Å². The number of nitrogens with zero attached hydrogens (tertiary/aromatic N) is 5. The summed E-state index contributed by atoms with van der Waals surface area (Å²) < 4.78 is 16.7. The monoisotopic (exact) mass is 452 g/mol. The molecule has 1 aliphatic heterocycles. The first-order valence-electron chi connectivity index (χ1n) is 11.3. The molecule has 1 saturated heterocycles. The van der Waals surface area contributed by atoms with Gasteiger partial charge in [0.05, 0.1) is 19.3 Å². The Morgan fingerprint density at radius 3 is 2.64 bits per heavy atom. The molecule has 1 N–H and O–H groups in total. The SMILES string of the molecule is COc1nc(Nc2ccc(C#N)c(OCC=C(C)C)c2)nc(OCCCN2CCCCC2)n1. The fraction of sp³-hybridized carbons (Fsp3) is 0.500. The second-order valence-electron chi connectivity index (χ2n) is 8.07. The Hall–Kier alpha value is -3.38. The molecule has 33 heavy (non-hydrogen) atoms. The highest BCUT2D eigenvalue weighted by atomic mass is 16.5. The number of allylic oxidation sites excluding steroid dienone is 1. The lowest BCUT2D eigenvalue weighted by molar-refractivity contribution is 0.199. The number of hydrogen-bond donors (Lipinski definition) is 1. The first kappa shape index (κ1) is 24.3. The van der Waals surface area contributed by atoms with E-state index in [4.69, 9.17) is 14.2 Å². The highest BCUT2D eigenvalue weighted by Crippen LogP contribution is 2.25. The van der Waals surface area contributed by atoms with Crippen molar-refractivity contribution in [1.82, 2.24) is 19.9 Å². The van der Waals surface area contributed by atoms with Gasteiger partial charge in [0.1, 0.15) is 18.4 Å². The van der Waals surface area contributed by atoms with Gasteiger partial charge in [0.2, 0.25) is 5.95 Å². The van der Waals surface area contributed by atoms with Crippen LogP contribution in [0, 0.1) is 11.3 Å². The molecule has 9 nitrogen and oxygen atoms in total. The van der Waals surface area contributed by atoms with E-state index in [0.29, 0.717) is 30.2 Å². The third-order valence-corrected chi connectivity index (χ3v) is 5.16. The average Bonchev–Trinajstić information content (AvgIpc) is 2.82. The Bertz CT molecular complexity index is 979. The van der Waals surface area contributed by atoms with E-state index >= 15 is 0 Å². The summed E-state index contributed by atoms with van der Waals surface area (Å²) in [7, 11) is 1.50. The van der Waals surface area contributed by atoms with Gasteiger partial charge in [-0.05, 0) is 64.4 Å². The van der Waals surface area contributed by atoms with E-state index in [1.54, 1.807) is 18.2 Å². The van der Waals surface area contributed by atoms with Gasteiger partial charge in [0, 0.05) is 18.3 Å². The van der Waals surface area contributed by atoms with Crippen molar-refractivity contribution >= 4 is 11.6 Å². The fourth-order valence-corrected chi connectivity index (χ4v) is 3.42. The Morgan fingerprint density at radius 2 is 1.91 bits per heavy atom. The maximum absolute atomic E-state index is 9.36. The average molecular weight is 453 g/mol. The second-order valence-corrected chi connectivity index (χ2v) is 8.07. The van der Waals surface area contributed by atoms with Crippen LogP contribution in [0.4, 0.5) is 11.6 Å². The molecule has 0 aliphatic carbocycles. The summed E-state index contributed by atoms with van der Waals surface area (Å²) in [5, 5.41) is 12.5. The normalized spacial score (nSPS) is 13.6. The summed E-state index contributed by atoms with van der Waals surface area (Å²) in [5.74, 6) is 0.767. The molecule has 1 aromatic heterocycles. The van der Waals surface area contributed by atoms with Crippen LogP contribution in [0.3, 0.4) is 0 Å². The number of hydrogen-bond acceptors (Lipinski definition) is 9. The van der Waals surface area contributed by atoms with Crippen molar-refractivity contribution in [2.45, 2.75) is 39.5 Å². The number of anilines is 2. The summed E-state index contributed by atoms with van der Waals surface area (Å²) in [4.78, 5) is 15.3. The van der Waals surface area contributed by atoms with Gasteiger partial charge >= 0.3 is 12.0 Å². The molecule has 1 aliphatic rings. The van der Waals surface area contributed by atoms with E-state index in [1.807, 2.05) is 19.9 Å². The highest BCUT2D eigenvalue weighted by molar-refractivity contribution is 5.60. The zero-order valence-electron chi connectivity index (χ0n) is 19.6. The van der Waals surface area contributed by atoms with Crippen molar-refractivity contribution in [3.63, 3.8) is 0 Å². The van der Waals surface area contributed by atoms with Crippen LogP contribution < -0.4 is 19.5 Å². The quantitative estimate of drug-likeness (QED) is 0.398. The van der Waals surface area contributed by atoms with Crippen LogP contribution in [-0.4, -0.2) is 59.8 Å². The van der Waals surface area contributed by atoms with Crippen molar-refractivity contribution in [3.8, 4) is 23.8 Å². The van der Waals surface area contributed by atoms with E-state index in [9.17, 15) is 5.26 Å². The molecule has 1 aromatic carbocycles. The number of aromatic nitrogens is 3. The van der Waals surface area contributed by atoms with Crippen LogP contribution in [-0.2, 0) is 0 Å². The third-order valence-electron chi connectivity index (χ3n) is 5.16.